The number of hydrogen-bond acceptors (Lipinski definition) is 4. The minimum Gasteiger partial charge on any atom is -0.469 e. The van der Waals surface area contributed by atoms with Crippen LogP contribution in [0.3, 0.4) is 0 Å². The smallest absolute Gasteiger partial charge is 0.310 e. The molecular formula is C12H23ClN2O3. The first-order chi connectivity index (χ1) is 7.90. The molecule has 6 heteroatoms. The molecule has 1 fully saturated rings. The minimum atomic E-state index is -0.329. The zero-order chi connectivity index (χ0) is 13.1. The number of nitrogens with one attached hydrogen (secondary N) is 1. The van der Waals surface area contributed by atoms with Crippen LogP contribution < -0.4 is 5.32 Å². The number of amides is 1. The van der Waals surface area contributed by atoms with Gasteiger partial charge in [0.2, 0.25) is 5.91 Å². The number of ether oxygens (including phenoxy) is 1. The zero-order valence-corrected chi connectivity index (χ0v) is 12.3. The highest BCUT2D eigenvalue weighted by atomic mass is 35.5. The van der Waals surface area contributed by atoms with Gasteiger partial charge in [-0.05, 0) is 19.9 Å². The largest absolute Gasteiger partial charge is 0.469 e. The average Bonchev–Trinajstić information content (AvgIpc) is 2.75. The van der Waals surface area contributed by atoms with Crippen LogP contribution in [-0.4, -0.2) is 50.6 Å². The van der Waals surface area contributed by atoms with Crippen molar-refractivity contribution in [3.05, 3.63) is 0 Å². The molecule has 1 N–H and O–H groups in total. The van der Waals surface area contributed by atoms with Crippen LogP contribution in [0, 0.1) is 11.3 Å². The Bertz CT molecular complexity index is 304. The number of carbonyl (C=O) groups is 2. The first-order valence-corrected chi connectivity index (χ1v) is 5.95. The molecule has 2 atom stereocenters. The van der Waals surface area contributed by atoms with Gasteiger partial charge in [0.1, 0.15) is 0 Å². The summed E-state index contributed by atoms with van der Waals surface area (Å²) in [5.41, 5.74) is -0.329. The Kier molecular flexibility index (Phi) is 6.63. The first kappa shape index (κ1) is 17.2. The molecule has 1 heterocycles. The number of carbonyl (C=O) groups excluding carboxylic acids is 2. The first-order valence-electron chi connectivity index (χ1n) is 5.95. The van der Waals surface area contributed by atoms with E-state index >= 15 is 0 Å². The van der Waals surface area contributed by atoms with Crippen molar-refractivity contribution in [1.29, 1.82) is 0 Å². The fourth-order valence-corrected chi connectivity index (χ4v) is 2.23. The maximum Gasteiger partial charge on any atom is 0.310 e. The second-order valence-corrected chi connectivity index (χ2v) is 5.10. The molecule has 1 rings (SSSR count). The quantitative estimate of drug-likeness (QED) is 0.768. The predicted molar refractivity (Wildman–Crippen MR) is 71.7 cm³/mol. The molecule has 0 radical (unpaired) electrons. The van der Waals surface area contributed by atoms with Crippen LogP contribution >= 0.6 is 12.4 Å². The normalized spacial score (nSPS) is 24.0. The monoisotopic (exact) mass is 278 g/mol. The van der Waals surface area contributed by atoms with Gasteiger partial charge in [-0.25, -0.2) is 0 Å². The maximum atomic E-state index is 12.2. The van der Waals surface area contributed by atoms with Gasteiger partial charge in [0.05, 0.1) is 18.4 Å². The summed E-state index contributed by atoms with van der Waals surface area (Å²) >= 11 is 0. The van der Waals surface area contributed by atoms with E-state index in [1.165, 1.54) is 7.11 Å². The summed E-state index contributed by atoms with van der Waals surface area (Å²) in [4.78, 5) is 25.2. The maximum absolute atomic E-state index is 12.2. The number of esters is 1. The molecule has 0 bridgehead atoms. The van der Waals surface area contributed by atoms with E-state index in [0.29, 0.717) is 13.1 Å². The lowest BCUT2D eigenvalue weighted by atomic mass is 9.88. The third-order valence-electron chi connectivity index (χ3n) is 3.38. The number of rotatable bonds is 4. The van der Waals surface area contributed by atoms with E-state index in [9.17, 15) is 9.59 Å². The van der Waals surface area contributed by atoms with Gasteiger partial charge in [-0.3, -0.25) is 9.59 Å². The lowest BCUT2D eigenvalue weighted by molar-refractivity contribution is -0.147. The van der Waals surface area contributed by atoms with Crippen LogP contribution in [0.4, 0.5) is 0 Å². The van der Waals surface area contributed by atoms with E-state index in [2.05, 4.69) is 10.1 Å². The van der Waals surface area contributed by atoms with Gasteiger partial charge in [-0.2, -0.15) is 0 Å². The van der Waals surface area contributed by atoms with Gasteiger partial charge >= 0.3 is 5.97 Å². The molecule has 1 amide bonds. The molecule has 0 spiro atoms. The van der Waals surface area contributed by atoms with E-state index in [-0.39, 0.29) is 35.6 Å². The highest BCUT2D eigenvalue weighted by Crippen LogP contribution is 2.27. The average molecular weight is 279 g/mol. The molecule has 5 nitrogen and oxygen atoms in total. The van der Waals surface area contributed by atoms with Crippen molar-refractivity contribution in [3.8, 4) is 0 Å². The molecule has 0 aromatic rings. The lowest BCUT2D eigenvalue weighted by Gasteiger charge is -2.29. The second kappa shape index (κ2) is 6.95. The Hall–Kier alpha value is -0.810. The summed E-state index contributed by atoms with van der Waals surface area (Å²) in [6, 6.07) is 0. The lowest BCUT2D eigenvalue weighted by Crippen LogP contribution is -2.44. The summed E-state index contributed by atoms with van der Waals surface area (Å²) in [5, 5.41) is 3.20. The predicted octanol–water partition coefficient (Wildman–Crippen LogP) is 0.675. The molecule has 18 heavy (non-hydrogen) atoms. The van der Waals surface area contributed by atoms with E-state index in [0.717, 1.165) is 13.0 Å². The molecule has 1 aliphatic heterocycles. The summed E-state index contributed by atoms with van der Waals surface area (Å²) in [5.74, 6) is -0.468. The topological polar surface area (TPSA) is 58.6 Å². The third-order valence-corrected chi connectivity index (χ3v) is 3.38. The summed E-state index contributed by atoms with van der Waals surface area (Å²) in [7, 11) is 3.11. The standard InChI is InChI=1S/C12H22N2O3.ClH/c1-9(10(15)17-4)7-14(3)11(16)12(2)5-6-13-8-12;/h9,13H,5-8H2,1-4H3;1H. The summed E-state index contributed by atoms with van der Waals surface area (Å²) < 4.78 is 4.65. The van der Waals surface area contributed by atoms with Crippen LogP contribution in [0.1, 0.15) is 20.3 Å². The zero-order valence-electron chi connectivity index (χ0n) is 11.5. The number of halogens is 1. The Morgan fingerprint density at radius 1 is 1.50 bits per heavy atom. The number of methoxy groups -OCH3 is 1. The molecule has 0 aromatic carbocycles. The van der Waals surface area contributed by atoms with Gasteiger partial charge in [-0.15, -0.1) is 12.4 Å². The van der Waals surface area contributed by atoms with Crippen molar-refractivity contribution in [1.82, 2.24) is 10.2 Å². The van der Waals surface area contributed by atoms with Crippen LogP contribution in [0.15, 0.2) is 0 Å². The van der Waals surface area contributed by atoms with Crippen LogP contribution in [-0.2, 0) is 14.3 Å². The van der Waals surface area contributed by atoms with E-state index in [1.54, 1.807) is 18.9 Å². The van der Waals surface area contributed by atoms with Crippen molar-refractivity contribution >= 4 is 24.3 Å². The molecule has 106 valence electrons. The molecule has 2 unspecified atom stereocenters. The fourth-order valence-electron chi connectivity index (χ4n) is 2.23. The third kappa shape index (κ3) is 3.85. The van der Waals surface area contributed by atoms with Gasteiger partial charge in [0.15, 0.2) is 0 Å². The molecule has 1 aliphatic rings. The highest BCUT2D eigenvalue weighted by molar-refractivity contribution is 5.85. The van der Waals surface area contributed by atoms with Gasteiger partial charge in [-0.1, -0.05) is 6.92 Å². The van der Waals surface area contributed by atoms with Gasteiger partial charge < -0.3 is 15.0 Å². The fraction of sp³-hybridized carbons (Fsp3) is 0.833. The summed E-state index contributed by atoms with van der Waals surface area (Å²) in [6.45, 7) is 5.73. The van der Waals surface area contributed by atoms with Gasteiger partial charge in [0.25, 0.3) is 0 Å². The molecule has 0 saturated carbocycles. The van der Waals surface area contributed by atoms with E-state index in [4.69, 9.17) is 0 Å². The van der Waals surface area contributed by atoms with Gasteiger partial charge in [0, 0.05) is 20.1 Å². The van der Waals surface area contributed by atoms with Crippen molar-refractivity contribution < 1.29 is 14.3 Å². The van der Waals surface area contributed by atoms with Crippen molar-refractivity contribution in [2.75, 3.05) is 33.8 Å². The Balaban J connectivity index is 0.00000289. The Morgan fingerprint density at radius 2 is 2.11 bits per heavy atom. The Labute approximate surface area is 115 Å². The van der Waals surface area contributed by atoms with E-state index in [1.807, 2.05) is 6.92 Å². The molecule has 1 saturated heterocycles. The second-order valence-electron chi connectivity index (χ2n) is 5.10. The molecular weight excluding hydrogens is 256 g/mol. The van der Waals surface area contributed by atoms with Crippen molar-refractivity contribution in [2.45, 2.75) is 20.3 Å². The van der Waals surface area contributed by atoms with Crippen LogP contribution in [0.2, 0.25) is 0 Å². The highest BCUT2D eigenvalue weighted by Gasteiger charge is 2.38. The van der Waals surface area contributed by atoms with Crippen molar-refractivity contribution in [3.63, 3.8) is 0 Å². The SMILES string of the molecule is COC(=O)C(C)CN(C)C(=O)C1(C)CCNC1.Cl. The molecule has 0 aromatic heterocycles. The summed E-state index contributed by atoms with van der Waals surface area (Å²) in [6.07, 6.45) is 0.850. The number of nitrogens with zero attached hydrogens (tertiary/aromatic N) is 1. The minimum absolute atomic E-state index is 0. The Morgan fingerprint density at radius 3 is 2.56 bits per heavy atom. The van der Waals surface area contributed by atoms with E-state index < -0.39 is 0 Å². The van der Waals surface area contributed by atoms with Crippen molar-refractivity contribution in [2.24, 2.45) is 11.3 Å². The van der Waals surface area contributed by atoms with Crippen LogP contribution in [0.25, 0.3) is 0 Å². The van der Waals surface area contributed by atoms with Crippen LogP contribution in [0.5, 0.6) is 0 Å². The number of hydrogen-bond donors (Lipinski definition) is 1. The molecule has 0 aliphatic carbocycles.